The summed E-state index contributed by atoms with van der Waals surface area (Å²) in [5, 5.41) is 10.2. The van der Waals surface area contributed by atoms with Crippen LogP contribution in [0.5, 0.6) is 0 Å². The van der Waals surface area contributed by atoms with E-state index in [2.05, 4.69) is 15.5 Å². The number of nitrogens with zero attached hydrogens (tertiary/aromatic N) is 2. The lowest BCUT2D eigenvalue weighted by Gasteiger charge is -2.15. The molecule has 1 heterocycles. The second kappa shape index (κ2) is 6.29. The Bertz CT molecular complexity index is 549. The standard InChI is InChI=1S/C14H18N4O2/c1-9(2)12(15)7-13(19)17-11-5-3-10(4-6-11)14-18-16-8-20-14/h3-6,8-9,12H,7,15H2,1-2H3,(H,17,19). The molecule has 0 bridgehead atoms. The van der Waals surface area contributed by atoms with Gasteiger partial charge in [-0.3, -0.25) is 4.79 Å². The Hall–Kier alpha value is -2.21. The highest BCUT2D eigenvalue weighted by Gasteiger charge is 2.13. The third-order valence-electron chi connectivity index (χ3n) is 3.05. The van der Waals surface area contributed by atoms with Crippen molar-refractivity contribution in [2.45, 2.75) is 26.3 Å². The maximum absolute atomic E-state index is 11.8. The molecule has 1 unspecified atom stereocenters. The van der Waals surface area contributed by atoms with E-state index < -0.39 is 0 Å². The third-order valence-corrected chi connectivity index (χ3v) is 3.05. The van der Waals surface area contributed by atoms with E-state index in [1.54, 1.807) is 12.1 Å². The van der Waals surface area contributed by atoms with Gasteiger partial charge in [-0.05, 0) is 30.2 Å². The number of carbonyl (C=O) groups is 1. The molecule has 3 N–H and O–H groups in total. The molecule has 20 heavy (non-hydrogen) atoms. The lowest BCUT2D eigenvalue weighted by atomic mass is 10.0. The van der Waals surface area contributed by atoms with Crippen LogP contribution in [0.3, 0.4) is 0 Å². The van der Waals surface area contributed by atoms with Gasteiger partial charge in [0, 0.05) is 23.7 Å². The zero-order valence-electron chi connectivity index (χ0n) is 11.5. The van der Waals surface area contributed by atoms with Gasteiger partial charge in [-0.15, -0.1) is 10.2 Å². The van der Waals surface area contributed by atoms with Gasteiger partial charge in [0.2, 0.25) is 18.2 Å². The van der Waals surface area contributed by atoms with E-state index in [1.165, 1.54) is 6.39 Å². The summed E-state index contributed by atoms with van der Waals surface area (Å²) in [6.45, 7) is 3.99. The summed E-state index contributed by atoms with van der Waals surface area (Å²) in [6, 6.07) is 7.07. The molecular formula is C14H18N4O2. The molecule has 0 aliphatic heterocycles. The lowest BCUT2D eigenvalue weighted by Crippen LogP contribution is -2.31. The van der Waals surface area contributed by atoms with Crippen molar-refractivity contribution in [2.24, 2.45) is 11.7 Å². The molecule has 0 aliphatic rings. The molecule has 1 aromatic carbocycles. The lowest BCUT2D eigenvalue weighted by molar-refractivity contribution is -0.116. The van der Waals surface area contributed by atoms with E-state index in [-0.39, 0.29) is 17.9 Å². The minimum absolute atomic E-state index is 0.0864. The first-order valence-electron chi connectivity index (χ1n) is 6.48. The molecule has 0 spiro atoms. The van der Waals surface area contributed by atoms with Crippen LogP contribution in [-0.4, -0.2) is 22.1 Å². The highest BCUT2D eigenvalue weighted by molar-refractivity contribution is 5.91. The minimum atomic E-state index is -0.132. The summed E-state index contributed by atoms with van der Waals surface area (Å²) in [5.74, 6) is 0.641. The van der Waals surface area contributed by atoms with E-state index >= 15 is 0 Å². The Morgan fingerprint density at radius 3 is 2.60 bits per heavy atom. The fourth-order valence-electron chi connectivity index (χ4n) is 1.66. The molecule has 2 aromatic rings. The molecule has 6 nitrogen and oxygen atoms in total. The first-order valence-corrected chi connectivity index (χ1v) is 6.48. The van der Waals surface area contributed by atoms with E-state index in [9.17, 15) is 4.79 Å². The van der Waals surface area contributed by atoms with Gasteiger partial charge in [0.05, 0.1) is 0 Å². The molecule has 0 saturated heterocycles. The van der Waals surface area contributed by atoms with Gasteiger partial charge in [0.15, 0.2) is 0 Å². The first-order chi connectivity index (χ1) is 9.56. The summed E-state index contributed by atoms with van der Waals surface area (Å²) in [5.41, 5.74) is 7.39. The van der Waals surface area contributed by atoms with Crippen LogP contribution >= 0.6 is 0 Å². The quantitative estimate of drug-likeness (QED) is 0.870. The van der Waals surface area contributed by atoms with Crippen molar-refractivity contribution in [3.05, 3.63) is 30.7 Å². The molecule has 2 rings (SSSR count). The summed E-state index contributed by atoms with van der Waals surface area (Å²) in [7, 11) is 0. The smallest absolute Gasteiger partial charge is 0.247 e. The van der Waals surface area contributed by atoms with E-state index in [0.717, 1.165) is 5.56 Å². The average Bonchev–Trinajstić information content (AvgIpc) is 2.93. The van der Waals surface area contributed by atoms with Crippen molar-refractivity contribution in [3.8, 4) is 11.5 Å². The molecular weight excluding hydrogens is 256 g/mol. The Kier molecular flexibility index (Phi) is 4.47. The monoisotopic (exact) mass is 274 g/mol. The predicted molar refractivity (Wildman–Crippen MR) is 75.8 cm³/mol. The van der Waals surface area contributed by atoms with Crippen LogP contribution in [0.1, 0.15) is 20.3 Å². The topological polar surface area (TPSA) is 94.0 Å². The fourth-order valence-corrected chi connectivity index (χ4v) is 1.66. The van der Waals surface area contributed by atoms with Crippen LogP contribution in [-0.2, 0) is 4.79 Å². The van der Waals surface area contributed by atoms with Crippen LogP contribution in [0.4, 0.5) is 5.69 Å². The first kappa shape index (κ1) is 14.2. The molecule has 0 aliphatic carbocycles. The van der Waals surface area contributed by atoms with Crippen molar-refractivity contribution < 1.29 is 9.21 Å². The molecule has 0 radical (unpaired) electrons. The van der Waals surface area contributed by atoms with Crippen LogP contribution < -0.4 is 11.1 Å². The zero-order chi connectivity index (χ0) is 14.5. The Morgan fingerprint density at radius 1 is 1.35 bits per heavy atom. The SMILES string of the molecule is CC(C)C(N)CC(=O)Nc1ccc(-c2nnco2)cc1. The molecule has 106 valence electrons. The summed E-state index contributed by atoms with van der Waals surface area (Å²) >= 11 is 0. The van der Waals surface area contributed by atoms with Crippen LogP contribution in [0.25, 0.3) is 11.5 Å². The summed E-state index contributed by atoms with van der Waals surface area (Å²) < 4.78 is 5.09. The molecule has 6 heteroatoms. The number of rotatable bonds is 5. The van der Waals surface area contributed by atoms with Gasteiger partial charge in [-0.2, -0.15) is 0 Å². The van der Waals surface area contributed by atoms with Gasteiger partial charge < -0.3 is 15.5 Å². The maximum atomic E-state index is 11.8. The summed E-state index contributed by atoms with van der Waals surface area (Å²) in [4.78, 5) is 11.8. The van der Waals surface area contributed by atoms with E-state index in [0.29, 0.717) is 18.0 Å². The number of carbonyl (C=O) groups excluding carboxylic acids is 1. The number of hydrogen-bond donors (Lipinski definition) is 2. The number of anilines is 1. The number of nitrogens with two attached hydrogens (primary N) is 1. The largest absolute Gasteiger partial charge is 0.423 e. The zero-order valence-corrected chi connectivity index (χ0v) is 11.5. The maximum Gasteiger partial charge on any atom is 0.247 e. The van der Waals surface area contributed by atoms with Crippen LogP contribution in [0.15, 0.2) is 35.1 Å². The van der Waals surface area contributed by atoms with Crippen molar-refractivity contribution >= 4 is 11.6 Å². The highest BCUT2D eigenvalue weighted by Crippen LogP contribution is 2.19. The normalized spacial score (nSPS) is 12.4. The second-order valence-corrected chi connectivity index (χ2v) is 4.98. The molecule has 1 atom stereocenters. The van der Waals surface area contributed by atoms with Crippen molar-refractivity contribution in [3.63, 3.8) is 0 Å². The van der Waals surface area contributed by atoms with Crippen LogP contribution in [0, 0.1) is 5.92 Å². The van der Waals surface area contributed by atoms with Crippen molar-refractivity contribution in [1.82, 2.24) is 10.2 Å². The Morgan fingerprint density at radius 2 is 2.05 bits per heavy atom. The fraction of sp³-hybridized carbons (Fsp3) is 0.357. The Labute approximate surface area is 117 Å². The molecule has 0 fully saturated rings. The van der Waals surface area contributed by atoms with Gasteiger partial charge in [0.1, 0.15) is 0 Å². The number of aromatic nitrogens is 2. The highest BCUT2D eigenvalue weighted by atomic mass is 16.4. The number of benzene rings is 1. The molecule has 0 saturated carbocycles. The molecule has 1 amide bonds. The van der Waals surface area contributed by atoms with Gasteiger partial charge in [-0.25, -0.2) is 0 Å². The third kappa shape index (κ3) is 3.64. The van der Waals surface area contributed by atoms with Crippen molar-refractivity contribution in [1.29, 1.82) is 0 Å². The summed E-state index contributed by atoms with van der Waals surface area (Å²) in [6.07, 6.45) is 1.58. The minimum Gasteiger partial charge on any atom is -0.423 e. The predicted octanol–water partition coefficient (Wildman–Crippen LogP) is 2.05. The second-order valence-electron chi connectivity index (χ2n) is 4.98. The van der Waals surface area contributed by atoms with Gasteiger partial charge >= 0.3 is 0 Å². The van der Waals surface area contributed by atoms with E-state index in [4.69, 9.17) is 10.2 Å². The van der Waals surface area contributed by atoms with Gasteiger partial charge in [-0.1, -0.05) is 13.8 Å². The number of nitrogens with one attached hydrogen (secondary N) is 1. The van der Waals surface area contributed by atoms with E-state index in [1.807, 2.05) is 26.0 Å². The van der Waals surface area contributed by atoms with Gasteiger partial charge in [0.25, 0.3) is 0 Å². The number of amides is 1. The average molecular weight is 274 g/mol. The van der Waals surface area contributed by atoms with Crippen LogP contribution in [0.2, 0.25) is 0 Å². The number of hydrogen-bond acceptors (Lipinski definition) is 5. The van der Waals surface area contributed by atoms with Crippen molar-refractivity contribution in [2.75, 3.05) is 5.32 Å². The molecule has 1 aromatic heterocycles. The Balaban J connectivity index is 1.95.